The molecule has 0 saturated carbocycles. The molecule has 2 N–H and O–H groups in total. The molecule has 1 heterocycles. The van der Waals surface area contributed by atoms with Crippen LogP contribution in [0.15, 0.2) is 18.2 Å². The fraction of sp³-hybridized carbons (Fsp3) is 0.538. The molecule has 0 bridgehead atoms. The average Bonchev–Trinajstić information content (AvgIpc) is 2.16. The summed E-state index contributed by atoms with van der Waals surface area (Å²) in [6, 6.07) is 6.22. The van der Waals surface area contributed by atoms with Gasteiger partial charge in [0.2, 0.25) is 0 Å². The third-order valence-corrected chi connectivity index (χ3v) is 2.99. The molecule has 0 aromatic heterocycles. The highest BCUT2D eigenvalue weighted by molar-refractivity contribution is 5.38. The Labute approximate surface area is 91.3 Å². The van der Waals surface area contributed by atoms with Crippen molar-refractivity contribution in [2.24, 2.45) is 5.92 Å². The molecule has 15 heavy (non-hydrogen) atoms. The summed E-state index contributed by atoms with van der Waals surface area (Å²) < 4.78 is 0. The zero-order chi connectivity index (χ0) is 10.8. The Bertz CT molecular complexity index is 346. The maximum atomic E-state index is 9.44. The zero-order valence-electron chi connectivity index (χ0n) is 9.46. The highest BCUT2D eigenvalue weighted by Crippen LogP contribution is 2.29. The second-order valence-electron chi connectivity index (χ2n) is 4.77. The fourth-order valence-corrected chi connectivity index (χ4v) is 2.32. The van der Waals surface area contributed by atoms with Crippen LogP contribution in [0.25, 0.3) is 0 Å². The maximum absolute atomic E-state index is 9.44. The van der Waals surface area contributed by atoms with E-state index in [2.05, 4.69) is 25.2 Å². The monoisotopic (exact) mass is 205 g/mol. The Balaban J connectivity index is 2.26. The normalized spacial score (nSPS) is 20.3. The Kier molecular flexibility index (Phi) is 2.96. The Morgan fingerprint density at radius 1 is 1.47 bits per heavy atom. The van der Waals surface area contributed by atoms with Gasteiger partial charge in [0.05, 0.1) is 0 Å². The van der Waals surface area contributed by atoms with E-state index >= 15 is 0 Å². The molecule has 0 radical (unpaired) electrons. The van der Waals surface area contributed by atoms with Gasteiger partial charge in [0.15, 0.2) is 0 Å². The molecule has 2 nitrogen and oxygen atoms in total. The smallest absolute Gasteiger partial charge is 0.115 e. The average molecular weight is 205 g/mol. The molecule has 0 fully saturated rings. The summed E-state index contributed by atoms with van der Waals surface area (Å²) in [5, 5.41) is 13.0. The van der Waals surface area contributed by atoms with Crippen LogP contribution < -0.4 is 5.32 Å². The lowest BCUT2D eigenvalue weighted by molar-refractivity contribution is 0.412. The van der Waals surface area contributed by atoms with E-state index < -0.39 is 0 Å². The number of fused-ring (bicyclic) bond motifs is 1. The van der Waals surface area contributed by atoms with Gasteiger partial charge in [-0.2, -0.15) is 0 Å². The number of aromatic hydroxyl groups is 1. The largest absolute Gasteiger partial charge is 0.508 e. The number of rotatable bonds is 2. The fourth-order valence-electron chi connectivity index (χ4n) is 2.32. The van der Waals surface area contributed by atoms with E-state index in [4.69, 9.17) is 0 Å². The summed E-state index contributed by atoms with van der Waals surface area (Å²) in [5.41, 5.74) is 2.67. The molecule has 1 atom stereocenters. The standard InChI is InChI=1S/C13H19NO/c1-9(2)7-13-12-4-3-11(15)8-10(12)5-6-14-13/h3-4,8-9,13-15H,5-7H2,1-2H3. The Morgan fingerprint density at radius 2 is 2.27 bits per heavy atom. The van der Waals surface area contributed by atoms with Crippen molar-refractivity contribution in [2.45, 2.75) is 32.7 Å². The van der Waals surface area contributed by atoms with Crippen LogP contribution in [0.2, 0.25) is 0 Å². The maximum Gasteiger partial charge on any atom is 0.115 e. The zero-order valence-corrected chi connectivity index (χ0v) is 9.46. The minimum atomic E-state index is 0.388. The summed E-state index contributed by atoms with van der Waals surface area (Å²) in [6.45, 7) is 5.51. The number of benzene rings is 1. The molecular weight excluding hydrogens is 186 g/mol. The molecule has 1 aliphatic heterocycles. The van der Waals surface area contributed by atoms with Crippen molar-refractivity contribution in [1.29, 1.82) is 0 Å². The van der Waals surface area contributed by atoms with Crippen molar-refractivity contribution in [1.82, 2.24) is 5.32 Å². The van der Waals surface area contributed by atoms with Gasteiger partial charge in [0.25, 0.3) is 0 Å². The second kappa shape index (κ2) is 4.23. The van der Waals surface area contributed by atoms with E-state index in [0.29, 0.717) is 17.7 Å². The first-order valence-corrected chi connectivity index (χ1v) is 5.72. The first-order valence-electron chi connectivity index (χ1n) is 5.72. The van der Waals surface area contributed by atoms with Gasteiger partial charge >= 0.3 is 0 Å². The molecule has 1 unspecified atom stereocenters. The third kappa shape index (κ3) is 2.32. The third-order valence-electron chi connectivity index (χ3n) is 2.99. The second-order valence-corrected chi connectivity index (χ2v) is 4.77. The van der Waals surface area contributed by atoms with Crippen molar-refractivity contribution >= 4 is 0 Å². The molecule has 1 aliphatic rings. The van der Waals surface area contributed by atoms with Crippen LogP contribution in [-0.4, -0.2) is 11.7 Å². The van der Waals surface area contributed by atoms with Crippen molar-refractivity contribution in [3.05, 3.63) is 29.3 Å². The van der Waals surface area contributed by atoms with Crippen molar-refractivity contribution < 1.29 is 5.11 Å². The van der Waals surface area contributed by atoms with Crippen LogP contribution in [0, 0.1) is 5.92 Å². The highest BCUT2D eigenvalue weighted by atomic mass is 16.3. The predicted molar refractivity (Wildman–Crippen MR) is 62.0 cm³/mol. The van der Waals surface area contributed by atoms with Crippen molar-refractivity contribution in [2.75, 3.05) is 6.54 Å². The summed E-state index contributed by atoms with van der Waals surface area (Å²) in [4.78, 5) is 0. The van der Waals surface area contributed by atoms with Gasteiger partial charge in [-0.1, -0.05) is 19.9 Å². The van der Waals surface area contributed by atoms with Gasteiger partial charge in [0.1, 0.15) is 5.75 Å². The molecular formula is C13H19NO. The molecule has 0 amide bonds. The summed E-state index contributed by atoms with van der Waals surface area (Å²) in [6.07, 6.45) is 2.19. The van der Waals surface area contributed by atoms with E-state index in [1.165, 1.54) is 11.1 Å². The summed E-state index contributed by atoms with van der Waals surface area (Å²) >= 11 is 0. The Morgan fingerprint density at radius 3 is 3.00 bits per heavy atom. The summed E-state index contributed by atoms with van der Waals surface area (Å²) in [5.74, 6) is 1.08. The lowest BCUT2D eigenvalue weighted by Gasteiger charge is -2.28. The van der Waals surface area contributed by atoms with Gasteiger partial charge in [-0.3, -0.25) is 0 Å². The van der Waals surface area contributed by atoms with Gasteiger partial charge in [0, 0.05) is 6.04 Å². The molecule has 0 saturated heterocycles. The molecule has 2 heteroatoms. The minimum Gasteiger partial charge on any atom is -0.508 e. The van der Waals surface area contributed by atoms with Crippen LogP contribution >= 0.6 is 0 Å². The number of nitrogens with one attached hydrogen (secondary N) is 1. The van der Waals surface area contributed by atoms with Crippen LogP contribution in [0.4, 0.5) is 0 Å². The van der Waals surface area contributed by atoms with Crippen LogP contribution in [0.5, 0.6) is 5.75 Å². The molecule has 0 aliphatic carbocycles. The van der Waals surface area contributed by atoms with E-state index in [-0.39, 0.29) is 0 Å². The highest BCUT2D eigenvalue weighted by Gasteiger charge is 2.20. The molecule has 1 aromatic rings. The SMILES string of the molecule is CC(C)CC1NCCc2cc(O)ccc21. The molecule has 82 valence electrons. The number of hydrogen-bond acceptors (Lipinski definition) is 2. The van der Waals surface area contributed by atoms with Crippen molar-refractivity contribution in [3.63, 3.8) is 0 Å². The number of hydrogen-bond donors (Lipinski definition) is 2. The van der Waals surface area contributed by atoms with Gasteiger partial charge in [-0.15, -0.1) is 0 Å². The quantitative estimate of drug-likeness (QED) is 0.778. The topological polar surface area (TPSA) is 32.3 Å². The predicted octanol–water partition coefficient (Wildman–Crippen LogP) is 2.63. The van der Waals surface area contributed by atoms with Crippen LogP contribution in [0.3, 0.4) is 0 Å². The van der Waals surface area contributed by atoms with E-state index in [1.54, 1.807) is 6.07 Å². The minimum absolute atomic E-state index is 0.388. The first kappa shape index (κ1) is 10.5. The Hall–Kier alpha value is -1.02. The first-order chi connectivity index (χ1) is 7.16. The van der Waals surface area contributed by atoms with Crippen LogP contribution in [-0.2, 0) is 6.42 Å². The molecule has 0 spiro atoms. The van der Waals surface area contributed by atoms with Gasteiger partial charge in [-0.25, -0.2) is 0 Å². The lowest BCUT2D eigenvalue weighted by atomic mass is 9.89. The van der Waals surface area contributed by atoms with Crippen LogP contribution in [0.1, 0.15) is 37.4 Å². The van der Waals surface area contributed by atoms with Gasteiger partial charge in [-0.05, 0) is 48.6 Å². The van der Waals surface area contributed by atoms with Crippen molar-refractivity contribution in [3.8, 4) is 5.75 Å². The molecule has 1 aromatic carbocycles. The van der Waals surface area contributed by atoms with E-state index in [0.717, 1.165) is 19.4 Å². The molecule has 2 rings (SSSR count). The number of phenols is 1. The van der Waals surface area contributed by atoms with E-state index in [1.807, 2.05) is 6.07 Å². The number of phenolic OH excluding ortho intramolecular Hbond substituents is 1. The lowest BCUT2D eigenvalue weighted by Crippen LogP contribution is -2.30. The summed E-state index contributed by atoms with van der Waals surface area (Å²) in [7, 11) is 0. The van der Waals surface area contributed by atoms with E-state index in [9.17, 15) is 5.11 Å². The van der Waals surface area contributed by atoms with Gasteiger partial charge < -0.3 is 10.4 Å².